The van der Waals surface area contributed by atoms with Crippen LogP contribution >= 0.6 is 0 Å². The van der Waals surface area contributed by atoms with Gasteiger partial charge in [0.05, 0.1) is 0 Å². The second kappa shape index (κ2) is 7.84. The average Bonchev–Trinajstić information content (AvgIpc) is 2.51. The number of benzene rings is 1. The summed E-state index contributed by atoms with van der Waals surface area (Å²) in [6.07, 6.45) is 5.94. The lowest BCUT2D eigenvalue weighted by Crippen LogP contribution is -2.24. The van der Waals surface area contributed by atoms with Gasteiger partial charge in [0.25, 0.3) is 0 Å². The highest BCUT2D eigenvalue weighted by Gasteiger charge is 2.16. The molecule has 1 unspecified atom stereocenters. The Bertz CT molecular complexity index is 558. The second-order valence-electron chi connectivity index (χ2n) is 5.07. The molecule has 21 heavy (non-hydrogen) atoms. The first-order chi connectivity index (χ1) is 10.2. The molecule has 0 aliphatic carbocycles. The molecule has 1 aromatic carbocycles. The lowest BCUT2D eigenvalue weighted by atomic mass is 9.98. The van der Waals surface area contributed by atoms with Crippen LogP contribution < -0.4 is 5.32 Å². The Labute approximate surface area is 124 Å². The number of pyridine rings is 1. The fourth-order valence-electron chi connectivity index (χ4n) is 2.32. The van der Waals surface area contributed by atoms with Crippen LogP contribution in [0.1, 0.15) is 36.9 Å². The van der Waals surface area contributed by atoms with Crippen LogP contribution in [-0.2, 0) is 6.42 Å². The largest absolute Gasteiger partial charge is 0.310 e. The van der Waals surface area contributed by atoms with Gasteiger partial charge in [-0.1, -0.05) is 13.0 Å². The highest BCUT2D eigenvalue weighted by molar-refractivity contribution is 5.23. The molecular weight excluding hydrogens is 270 g/mol. The van der Waals surface area contributed by atoms with Gasteiger partial charge in [0.15, 0.2) is 0 Å². The Balaban J connectivity index is 2.12. The Morgan fingerprint density at radius 3 is 2.81 bits per heavy atom. The standard InChI is InChI=1S/C17H20F2N2/c1-2-9-21-17(8-5-13-4-3-10-20-12-13)15-11-14(18)6-7-16(15)19/h3-4,6-7,10-12,17,21H,2,5,8-9H2,1H3. The minimum atomic E-state index is -0.406. The van der Waals surface area contributed by atoms with Crippen molar-refractivity contribution in [2.75, 3.05) is 6.54 Å². The molecule has 2 aromatic rings. The van der Waals surface area contributed by atoms with E-state index in [4.69, 9.17) is 0 Å². The summed E-state index contributed by atoms with van der Waals surface area (Å²) in [4.78, 5) is 4.07. The van der Waals surface area contributed by atoms with E-state index in [0.29, 0.717) is 12.0 Å². The first-order valence-corrected chi connectivity index (χ1v) is 7.28. The molecule has 0 saturated heterocycles. The molecule has 0 saturated carbocycles. The van der Waals surface area contributed by atoms with E-state index < -0.39 is 5.82 Å². The summed E-state index contributed by atoms with van der Waals surface area (Å²) in [6, 6.07) is 7.30. The lowest BCUT2D eigenvalue weighted by Gasteiger charge is -2.19. The third kappa shape index (κ3) is 4.60. The van der Waals surface area contributed by atoms with Crippen molar-refractivity contribution < 1.29 is 8.78 Å². The fraction of sp³-hybridized carbons (Fsp3) is 0.353. The molecule has 112 valence electrons. The van der Waals surface area contributed by atoms with Crippen LogP contribution in [0.15, 0.2) is 42.7 Å². The topological polar surface area (TPSA) is 24.9 Å². The summed E-state index contributed by atoms with van der Waals surface area (Å²) >= 11 is 0. The van der Waals surface area contributed by atoms with Crippen molar-refractivity contribution in [2.24, 2.45) is 0 Å². The van der Waals surface area contributed by atoms with Crippen LogP contribution in [-0.4, -0.2) is 11.5 Å². The highest BCUT2D eigenvalue weighted by Crippen LogP contribution is 2.23. The van der Waals surface area contributed by atoms with Gasteiger partial charge < -0.3 is 5.32 Å². The number of aromatic nitrogens is 1. The lowest BCUT2D eigenvalue weighted by molar-refractivity contribution is 0.468. The SMILES string of the molecule is CCCNC(CCc1cccnc1)c1cc(F)ccc1F. The summed E-state index contributed by atoms with van der Waals surface area (Å²) < 4.78 is 27.3. The molecular formula is C17H20F2N2. The maximum atomic E-state index is 14.0. The van der Waals surface area contributed by atoms with Gasteiger partial charge in [0, 0.05) is 24.0 Å². The molecule has 1 heterocycles. The first-order valence-electron chi connectivity index (χ1n) is 7.28. The number of hydrogen-bond donors (Lipinski definition) is 1. The number of halogens is 2. The van der Waals surface area contributed by atoms with E-state index in [1.54, 1.807) is 12.4 Å². The quantitative estimate of drug-likeness (QED) is 0.832. The van der Waals surface area contributed by atoms with E-state index in [1.165, 1.54) is 12.1 Å². The van der Waals surface area contributed by atoms with Gasteiger partial charge in [-0.2, -0.15) is 0 Å². The molecule has 0 fully saturated rings. The first kappa shape index (κ1) is 15.6. The molecule has 2 nitrogen and oxygen atoms in total. The molecule has 1 N–H and O–H groups in total. The van der Waals surface area contributed by atoms with Gasteiger partial charge in [-0.05, 0) is 55.6 Å². The summed E-state index contributed by atoms with van der Waals surface area (Å²) in [6.45, 7) is 2.82. The Morgan fingerprint density at radius 2 is 2.10 bits per heavy atom. The van der Waals surface area contributed by atoms with Gasteiger partial charge >= 0.3 is 0 Å². The molecule has 1 aromatic heterocycles. The maximum Gasteiger partial charge on any atom is 0.128 e. The minimum absolute atomic E-state index is 0.194. The zero-order chi connectivity index (χ0) is 15.1. The van der Waals surface area contributed by atoms with Crippen molar-refractivity contribution in [2.45, 2.75) is 32.2 Å². The van der Waals surface area contributed by atoms with Gasteiger partial charge in [-0.15, -0.1) is 0 Å². The summed E-state index contributed by atoms with van der Waals surface area (Å²) in [5.74, 6) is -0.771. The number of aryl methyl sites for hydroxylation is 1. The zero-order valence-corrected chi connectivity index (χ0v) is 12.2. The van der Waals surface area contributed by atoms with E-state index in [9.17, 15) is 8.78 Å². The van der Waals surface area contributed by atoms with Crippen molar-refractivity contribution in [3.8, 4) is 0 Å². The van der Waals surface area contributed by atoms with Crippen LogP contribution in [0.5, 0.6) is 0 Å². The van der Waals surface area contributed by atoms with Crippen molar-refractivity contribution in [3.63, 3.8) is 0 Å². The average molecular weight is 290 g/mol. The van der Waals surface area contributed by atoms with E-state index >= 15 is 0 Å². The molecule has 0 aliphatic heterocycles. The van der Waals surface area contributed by atoms with Crippen LogP contribution in [0.3, 0.4) is 0 Å². The van der Waals surface area contributed by atoms with Crippen LogP contribution in [0.2, 0.25) is 0 Å². The third-order valence-corrected chi connectivity index (χ3v) is 3.42. The highest BCUT2D eigenvalue weighted by atomic mass is 19.1. The molecule has 4 heteroatoms. The number of nitrogens with zero attached hydrogens (tertiary/aromatic N) is 1. The minimum Gasteiger partial charge on any atom is -0.310 e. The Hall–Kier alpha value is -1.81. The summed E-state index contributed by atoms with van der Waals surface area (Å²) in [5, 5.41) is 3.30. The Kier molecular flexibility index (Phi) is 5.81. The number of rotatable bonds is 7. The van der Waals surface area contributed by atoms with E-state index in [0.717, 1.165) is 31.0 Å². The molecule has 0 spiro atoms. The van der Waals surface area contributed by atoms with Gasteiger partial charge in [-0.3, -0.25) is 4.98 Å². The van der Waals surface area contributed by atoms with Crippen molar-refractivity contribution in [3.05, 3.63) is 65.5 Å². The van der Waals surface area contributed by atoms with Gasteiger partial charge in [0.1, 0.15) is 11.6 Å². The molecule has 0 amide bonds. The zero-order valence-electron chi connectivity index (χ0n) is 12.2. The smallest absolute Gasteiger partial charge is 0.128 e. The van der Waals surface area contributed by atoms with Gasteiger partial charge in [-0.25, -0.2) is 8.78 Å². The van der Waals surface area contributed by atoms with Crippen molar-refractivity contribution in [1.29, 1.82) is 0 Å². The molecule has 0 aliphatic rings. The predicted molar refractivity (Wildman–Crippen MR) is 80.0 cm³/mol. The van der Waals surface area contributed by atoms with Crippen molar-refractivity contribution in [1.82, 2.24) is 10.3 Å². The molecule has 0 radical (unpaired) electrons. The van der Waals surface area contributed by atoms with E-state index in [-0.39, 0.29) is 11.9 Å². The maximum absolute atomic E-state index is 14.0. The third-order valence-electron chi connectivity index (χ3n) is 3.42. The second-order valence-corrected chi connectivity index (χ2v) is 5.07. The number of hydrogen-bond acceptors (Lipinski definition) is 2. The monoisotopic (exact) mass is 290 g/mol. The number of nitrogens with one attached hydrogen (secondary N) is 1. The summed E-state index contributed by atoms with van der Waals surface area (Å²) in [5.41, 5.74) is 1.49. The van der Waals surface area contributed by atoms with E-state index in [1.807, 2.05) is 19.1 Å². The van der Waals surface area contributed by atoms with Crippen LogP contribution in [0.25, 0.3) is 0 Å². The van der Waals surface area contributed by atoms with E-state index in [2.05, 4.69) is 10.3 Å². The normalized spacial score (nSPS) is 12.3. The predicted octanol–water partition coefficient (Wildman–Crippen LogP) is 4.03. The molecule has 1 atom stereocenters. The molecule has 0 bridgehead atoms. The van der Waals surface area contributed by atoms with Gasteiger partial charge in [0.2, 0.25) is 0 Å². The van der Waals surface area contributed by atoms with Crippen LogP contribution in [0.4, 0.5) is 8.78 Å². The van der Waals surface area contributed by atoms with Crippen LogP contribution in [0, 0.1) is 11.6 Å². The summed E-state index contributed by atoms with van der Waals surface area (Å²) in [7, 11) is 0. The van der Waals surface area contributed by atoms with Crippen molar-refractivity contribution >= 4 is 0 Å². The Morgan fingerprint density at radius 1 is 1.24 bits per heavy atom. The fourth-order valence-corrected chi connectivity index (χ4v) is 2.32. The molecule has 2 rings (SSSR count).